The quantitative estimate of drug-likeness (QED) is 0.793. The van der Waals surface area contributed by atoms with Crippen molar-refractivity contribution in [3.63, 3.8) is 0 Å². The summed E-state index contributed by atoms with van der Waals surface area (Å²) in [5.41, 5.74) is 0.0734. The maximum absolute atomic E-state index is 12.9. The molecule has 0 aliphatic carbocycles. The SMILES string of the molecule is COc1ccnc(N2CCC(N(C)Cc3cccc(C(F)(F)F)c3)CC2)n1. The summed E-state index contributed by atoms with van der Waals surface area (Å²) < 4.78 is 43.8. The first-order chi connectivity index (χ1) is 12.9. The average molecular weight is 380 g/mol. The summed E-state index contributed by atoms with van der Waals surface area (Å²) in [7, 11) is 3.53. The number of anilines is 1. The molecule has 1 aliphatic rings. The smallest absolute Gasteiger partial charge is 0.416 e. The van der Waals surface area contributed by atoms with Gasteiger partial charge in [-0.25, -0.2) is 4.98 Å². The highest BCUT2D eigenvalue weighted by atomic mass is 19.4. The van der Waals surface area contributed by atoms with E-state index in [0.29, 0.717) is 30.0 Å². The van der Waals surface area contributed by atoms with Crippen LogP contribution in [0.5, 0.6) is 5.88 Å². The summed E-state index contributed by atoms with van der Waals surface area (Å²) in [6.07, 6.45) is -0.838. The fourth-order valence-electron chi connectivity index (χ4n) is 3.37. The van der Waals surface area contributed by atoms with Crippen LogP contribution in [0.3, 0.4) is 0 Å². The van der Waals surface area contributed by atoms with Crippen molar-refractivity contribution in [1.82, 2.24) is 14.9 Å². The lowest BCUT2D eigenvalue weighted by Gasteiger charge is -2.36. The zero-order valence-corrected chi connectivity index (χ0v) is 15.4. The molecule has 0 unspecified atom stereocenters. The molecule has 0 N–H and O–H groups in total. The van der Waals surface area contributed by atoms with Gasteiger partial charge in [-0.1, -0.05) is 18.2 Å². The van der Waals surface area contributed by atoms with E-state index < -0.39 is 11.7 Å². The van der Waals surface area contributed by atoms with Crippen molar-refractivity contribution < 1.29 is 17.9 Å². The molecule has 1 fully saturated rings. The number of aromatic nitrogens is 2. The maximum Gasteiger partial charge on any atom is 0.416 e. The number of methoxy groups -OCH3 is 1. The first kappa shape index (κ1) is 19.4. The third-order valence-electron chi connectivity index (χ3n) is 4.88. The van der Waals surface area contributed by atoms with Crippen LogP contribution in [-0.4, -0.2) is 48.2 Å². The molecular weight excluding hydrogens is 357 g/mol. The lowest BCUT2D eigenvalue weighted by Crippen LogP contribution is -2.43. The Hall–Kier alpha value is -2.35. The van der Waals surface area contributed by atoms with Crippen LogP contribution in [0.1, 0.15) is 24.0 Å². The molecule has 8 heteroatoms. The average Bonchev–Trinajstić information content (AvgIpc) is 2.67. The Morgan fingerprint density at radius 2 is 1.96 bits per heavy atom. The van der Waals surface area contributed by atoms with Gasteiger partial charge in [-0.15, -0.1) is 0 Å². The maximum atomic E-state index is 12.9. The van der Waals surface area contributed by atoms with Crippen molar-refractivity contribution >= 4 is 5.95 Å². The van der Waals surface area contributed by atoms with E-state index in [4.69, 9.17) is 4.74 Å². The van der Waals surface area contributed by atoms with Gasteiger partial charge in [0.25, 0.3) is 0 Å². The minimum Gasteiger partial charge on any atom is -0.481 e. The van der Waals surface area contributed by atoms with Crippen LogP contribution in [-0.2, 0) is 12.7 Å². The third-order valence-corrected chi connectivity index (χ3v) is 4.88. The number of ether oxygens (including phenoxy) is 1. The summed E-state index contributed by atoms with van der Waals surface area (Å²) in [5, 5.41) is 0. The third kappa shape index (κ3) is 4.88. The van der Waals surface area contributed by atoms with E-state index in [2.05, 4.69) is 19.8 Å². The van der Waals surface area contributed by atoms with Gasteiger partial charge < -0.3 is 9.64 Å². The number of nitrogens with zero attached hydrogens (tertiary/aromatic N) is 4. The van der Waals surface area contributed by atoms with Crippen LogP contribution in [0, 0.1) is 0 Å². The molecule has 0 radical (unpaired) electrons. The van der Waals surface area contributed by atoms with E-state index in [-0.39, 0.29) is 0 Å². The van der Waals surface area contributed by atoms with Gasteiger partial charge in [0.15, 0.2) is 0 Å². The molecule has 0 saturated carbocycles. The topological polar surface area (TPSA) is 41.5 Å². The van der Waals surface area contributed by atoms with E-state index in [1.165, 1.54) is 12.1 Å². The molecule has 3 rings (SSSR count). The Balaban J connectivity index is 1.58. The second-order valence-corrected chi connectivity index (χ2v) is 6.73. The zero-order valence-electron chi connectivity index (χ0n) is 15.4. The van der Waals surface area contributed by atoms with E-state index in [1.807, 2.05) is 7.05 Å². The van der Waals surface area contributed by atoms with Gasteiger partial charge in [-0.05, 0) is 31.5 Å². The molecule has 0 bridgehead atoms. The number of alkyl halides is 3. The van der Waals surface area contributed by atoms with Crippen LogP contribution in [0.15, 0.2) is 36.5 Å². The Morgan fingerprint density at radius 3 is 2.63 bits per heavy atom. The molecule has 1 aromatic heterocycles. The standard InChI is InChI=1S/C19H23F3N4O/c1-25(13-14-4-3-5-15(12-14)19(20,21)22)16-7-10-26(11-8-16)18-23-9-6-17(24-18)27-2/h3-6,9,12,16H,7-8,10-11,13H2,1-2H3. The van der Waals surface area contributed by atoms with Gasteiger partial charge in [0.2, 0.25) is 11.8 Å². The van der Waals surface area contributed by atoms with Crippen LogP contribution in [0.25, 0.3) is 0 Å². The number of hydrogen-bond acceptors (Lipinski definition) is 5. The molecule has 27 heavy (non-hydrogen) atoms. The zero-order chi connectivity index (χ0) is 19.4. The van der Waals surface area contributed by atoms with Crippen molar-refractivity contribution in [2.45, 2.75) is 31.6 Å². The summed E-state index contributed by atoms with van der Waals surface area (Å²) >= 11 is 0. The highest BCUT2D eigenvalue weighted by Gasteiger charge is 2.30. The van der Waals surface area contributed by atoms with Gasteiger partial charge >= 0.3 is 6.18 Å². The highest BCUT2D eigenvalue weighted by Crippen LogP contribution is 2.30. The molecule has 0 spiro atoms. The molecule has 146 valence electrons. The van der Waals surface area contributed by atoms with E-state index in [1.54, 1.807) is 25.4 Å². The lowest BCUT2D eigenvalue weighted by atomic mass is 10.0. The molecule has 0 amide bonds. The Morgan fingerprint density at radius 1 is 1.22 bits per heavy atom. The first-order valence-electron chi connectivity index (χ1n) is 8.85. The Bertz CT molecular complexity index is 761. The predicted molar refractivity (Wildman–Crippen MR) is 96.7 cm³/mol. The van der Waals surface area contributed by atoms with E-state index in [0.717, 1.165) is 32.0 Å². The van der Waals surface area contributed by atoms with Crippen molar-refractivity contribution in [2.24, 2.45) is 0 Å². The van der Waals surface area contributed by atoms with E-state index >= 15 is 0 Å². The van der Waals surface area contributed by atoms with Crippen LogP contribution in [0.4, 0.5) is 19.1 Å². The monoisotopic (exact) mass is 380 g/mol. The second-order valence-electron chi connectivity index (χ2n) is 6.73. The van der Waals surface area contributed by atoms with E-state index in [9.17, 15) is 13.2 Å². The lowest BCUT2D eigenvalue weighted by molar-refractivity contribution is -0.137. The van der Waals surface area contributed by atoms with Gasteiger partial charge in [0, 0.05) is 37.9 Å². The molecule has 2 heterocycles. The molecule has 1 saturated heterocycles. The van der Waals surface area contributed by atoms with Crippen molar-refractivity contribution in [1.29, 1.82) is 0 Å². The fraction of sp³-hybridized carbons (Fsp3) is 0.474. The van der Waals surface area contributed by atoms with Crippen molar-refractivity contribution in [2.75, 3.05) is 32.1 Å². The van der Waals surface area contributed by atoms with Crippen LogP contribution >= 0.6 is 0 Å². The van der Waals surface area contributed by atoms with Crippen LogP contribution < -0.4 is 9.64 Å². The Labute approximate surface area is 156 Å². The van der Waals surface area contributed by atoms with Crippen molar-refractivity contribution in [3.8, 4) is 5.88 Å². The number of hydrogen-bond donors (Lipinski definition) is 0. The molecular formula is C19H23F3N4O. The normalized spacial score (nSPS) is 16.0. The van der Waals surface area contributed by atoms with Gasteiger partial charge in [-0.2, -0.15) is 18.2 Å². The number of halogens is 3. The highest BCUT2D eigenvalue weighted by molar-refractivity contribution is 5.32. The summed E-state index contributed by atoms with van der Waals surface area (Å²) in [4.78, 5) is 12.9. The predicted octanol–water partition coefficient (Wildman–Crippen LogP) is 3.60. The summed E-state index contributed by atoms with van der Waals surface area (Å²) in [6, 6.07) is 7.56. The van der Waals surface area contributed by atoms with Crippen LogP contribution in [0.2, 0.25) is 0 Å². The molecule has 2 aromatic rings. The number of rotatable bonds is 5. The summed E-state index contributed by atoms with van der Waals surface area (Å²) in [6.45, 7) is 2.08. The summed E-state index contributed by atoms with van der Waals surface area (Å²) in [5.74, 6) is 1.18. The first-order valence-corrected chi connectivity index (χ1v) is 8.85. The minimum atomic E-state index is -4.31. The molecule has 5 nitrogen and oxygen atoms in total. The molecule has 0 atom stereocenters. The largest absolute Gasteiger partial charge is 0.481 e. The number of benzene rings is 1. The second kappa shape index (κ2) is 8.12. The van der Waals surface area contributed by atoms with Crippen molar-refractivity contribution in [3.05, 3.63) is 47.7 Å². The molecule has 1 aromatic carbocycles. The van der Waals surface area contributed by atoms with Gasteiger partial charge in [0.05, 0.1) is 12.7 Å². The molecule has 1 aliphatic heterocycles. The van der Waals surface area contributed by atoms with Gasteiger partial charge in [0.1, 0.15) is 0 Å². The van der Waals surface area contributed by atoms with Gasteiger partial charge in [-0.3, -0.25) is 4.90 Å². The fourth-order valence-corrected chi connectivity index (χ4v) is 3.37. The minimum absolute atomic E-state index is 0.307. The Kier molecular flexibility index (Phi) is 5.84. The number of piperidine rings is 1.